The van der Waals surface area contributed by atoms with Crippen LogP contribution in [0, 0.1) is 11.3 Å². The van der Waals surface area contributed by atoms with Crippen LogP contribution in [0.2, 0.25) is 0 Å². The molecule has 2 heteroatoms. The van der Waals surface area contributed by atoms with Crippen molar-refractivity contribution in [2.24, 2.45) is 17.1 Å². The zero-order chi connectivity index (χ0) is 13.8. The normalized spacial score (nSPS) is 11.9. The standard InChI is InChI=1S/C16H25NO/c1-12(2)11-13-5-7-14(8-6-13)15(18)16(3,4)9-10-17/h5-8,12H,9-11,17H2,1-4H3. The van der Waals surface area contributed by atoms with Gasteiger partial charge in [-0.15, -0.1) is 0 Å². The molecule has 0 radical (unpaired) electrons. The Kier molecular flexibility index (Phi) is 5.09. The van der Waals surface area contributed by atoms with Gasteiger partial charge in [0, 0.05) is 11.0 Å². The monoisotopic (exact) mass is 247 g/mol. The largest absolute Gasteiger partial charge is 0.330 e. The maximum atomic E-state index is 12.3. The van der Waals surface area contributed by atoms with Gasteiger partial charge in [-0.3, -0.25) is 4.79 Å². The lowest BCUT2D eigenvalue weighted by atomic mass is 9.81. The molecule has 0 amide bonds. The molecule has 1 aromatic carbocycles. The molecule has 1 aromatic rings. The fourth-order valence-corrected chi connectivity index (χ4v) is 2.13. The zero-order valence-electron chi connectivity index (χ0n) is 12.0. The lowest BCUT2D eigenvalue weighted by molar-refractivity contribution is 0.0829. The molecule has 2 N–H and O–H groups in total. The van der Waals surface area contributed by atoms with Crippen LogP contribution in [0.3, 0.4) is 0 Å². The second-order valence-electron chi connectivity index (χ2n) is 6.05. The van der Waals surface area contributed by atoms with Crippen molar-refractivity contribution in [3.8, 4) is 0 Å². The molecular weight excluding hydrogens is 222 g/mol. The summed E-state index contributed by atoms with van der Waals surface area (Å²) in [7, 11) is 0. The summed E-state index contributed by atoms with van der Waals surface area (Å²) in [6, 6.07) is 8.01. The minimum absolute atomic E-state index is 0.184. The fourth-order valence-electron chi connectivity index (χ4n) is 2.13. The molecule has 18 heavy (non-hydrogen) atoms. The first-order chi connectivity index (χ1) is 8.36. The van der Waals surface area contributed by atoms with E-state index in [9.17, 15) is 4.79 Å². The molecular formula is C16H25NO. The molecule has 0 fully saturated rings. The molecule has 100 valence electrons. The van der Waals surface area contributed by atoms with E-state index in [-0.39, 0.29) is 11.2 Å². The van der Waals surface area contributed by atoms with Crippen molar-refractivity contribution in [1.82, 2.24) is 0 Å². The van der Waals surface area contributed by atoms with Gasteiger partial charge >= 0.3 is 0 Å². The van der Waals surface area contributed by atoms with E-state index < -0.39 is 0 Å². The van der Waals surface area contributed by atoms with E-state index in [4.69, 9.17) is 5.73 Å². The highest BCUT2D eigenvalue weighted by Crippen LogP contribution is 2.25. The van der Waals surface area contributed by atoms with E-state index in [1.165, 1.54) is 5.56 Å². The molecule has 0 spiro atoms. The van der Waals surface area contributed by atoms with Gasteiger partial charge in [0.15, 0.2) is 5.78 Å². The highest BCUT2D eigenvalue weighted by Gasteiger charge is 2.27. The molecule has 0 aromatic heterocycles. The zero-order valence-corrected chi connectivity index (χ0v) is 12.0. The fraction of sp³-hybridized carbons (Fsp3) is 0.562. The maximum Gasteiger partial charge on any atom is 0.168 e. The molecule has 0 bridgehead atoms. The van der Waals surface area contributed by atoms with Crippen LogP contribution in [0.1, 0.15) is 50.0 Å². The van der Waals surface area contributed by atoms with Crippen molar-refractivity contribution in [1.29, 1.82) is 0 Å². The van der Waals surface area contributed by atoms with E-state index in [2.05, 4.69) is 26.0 Å². The minimum Gasteiger partial charge on any atom is -0.330 e. The van der Waals surface area contributed by atoms with Gasteiger partial charge in [0.25, 0.3) is 0 Å². The van der Waals surface area contributed by atoms with Gasteiger partial charge in [-0.25, -0.2) is 0 Å². The highest BCUT2D eigenvalue weighted by molar-refractivity contribution is 6.00. The number of hydrogen-bond acceptors (Lipinski definition) is 2. The van der Waals surface area contributed by atoms with Crippen LogP contribution in [0.25, 0.3) is 0 Å². The van der Waals surface area contributed by atoms with Crippen LogP contribution < -0.4 is 5.73 Å². The van der Waals surface area contributed by atoms with E-state index in [1.54, 1.807) is 0 Å². The second kappa shape index (κ2) is 6.14. The first-order valence-corrected chi connectivity index (χ1v) is 6.70. The summed E-state index contributed by atoms with van der Waals surface area (Å²) in [5.41, 5.74) is 7.27. The lowest BCUT2D eigenvalue weighted by Crippen LogP contribution is -2.27. The van der Waals surface area contributed by atoms with Gasteiger partial charge in [-0.05, 0) is 30.9 Å². The molecule has 0 saturated heterocycles. The van der Waals surface area contributed by atoms with Gasteiger partial charge in [0.1, 0.15) is 0 Å². The van der Waals surface area contributed by atoms with Gasteiger partial charge in [0.2, 0.25) is 0 Å². The van der Waals surface area contributed by atoms with E-state index >= 15 is 0 Å². The minimum atomic E-state index is -0.367. The Hall–Kier alpha value is -1.15. The van der Waals surface area contributed by atoms with Crippen molar-refractivity contribution in [3.63, 3.8) is 0 Å². The lowest BCUT2D eigenvalue weighted by Gasteiger charge is -2.22. The predicted octanol–water partition coefficient (Wildman–Crippen LogP) is 3.44. The van der Waals surface area contributed by atoms with Gasteiger partial charge in [0.05, 0.1) is 0 Å². The third-order valence-corrected chi connectivity index (χ3v) is 3.24. The van der Waals surface area contributed by atoms with Crippen LogP contribution in [-0.4, -0.2) is 12.3 Å². The summed E-state index contributed by atoms with van der Waals surface area (Å²) in [5.74, 6) is 0.823. The number of benzene rings is 1. The number of hydrogen-bond donors (Lipinski definition) is 1. The van der Waals surface area contributed by atoms with Crippen LogP contribution >= 0.6 is 0 Å². The van der Waals surface area contributed by atoms with Gasteiger partial charge < -0.3 is 5.73 Å². The Balaban J connectivity index is 2.82. The molecule has 0 saturated carbocycles. The maximum absolute atomic E-state index is 12.3. The number of nitrogens with two attached hydrogens (primary N) is 1. The Bertz CT molecular complexity index is 390. The van der Waals surface area contributed by atoms with Crippen LogP contribution in [0.15, 0.2) is 24.3 Å². The van der Waals surface area contributed by atoms with Crippen LogP contribution in [0.5, 0.6) is 0 Å². The summed E-state index contributed by atoms with van der Waals surface area (Å²) in [5, 5.41) is 0. The van der Waals surface area contributed by atoms with Crippen molar-refractivity contribution < 1.29 is 4.79 Å². The van der Waals surface area contributed by atoms with Crippen LogP contribution in [0.4, 0.5) is 0 Å². The van der Waals surface area contributed by atoms with E-state index in [0.717, 1.165) is 18.4 Å². The molecule has 1 rings (SSSR count). The molecule has 0 aliphatic carbocycles. The first-order valence-electron chi connectivity index (χ1n) is 6.70. The molecule has 0 heterocycles. The molecule has 2 nitrogen and oxygen atoms in total. The average molecular weight is 247 g/mol. The smallest absolute Gasteiger partial charge is 0.168 e. The number of Topliss-reactive ketones (excluding diaryl/α,β-unsaturated/α-hetero) is 1. The highest BCUT2D eigenvalue weighted by atomic mass is 16.1. The van der Waals surface area contributed by atoms with Crippen molar-refractivity contribution in [2.45, 2.75) is 40.5 Å². The van der Waals surface area contributed by atoms with Crippen molar-refractivity contribution >= 4 is 5.78 Å². The Morgan fingerprint density at radius 1 is 1.22 bits per heavy atom. The van der Waals surface area contributed by atoms with Crippen molar-refractivity contribution in [2.75, 3.05) is 6.54 Å². The summed E-state index contributed by atoms with van der Waals surface area (Å²) >= 11 is 0. The molecule has 0 atom stereocenters. The van der Waals surface area contributed by atoms with Gasteiger partial charge in [-0.1, -0.05) is 52.0 Å². The Morgan fingerprint density at radius 2 is 1.78 bits per heavy atom. The third kappa shape index (κ3) is 3.95. The summed E-state index contributed by atoms with van der Waals surface area (Å²) in [6.07, 6.45) is 1.78. The Morgan fingerprint density at radius 3 is 2.22 bits per heavy atom. The van der Waals surface area contributed by atoms with E-state index in [0.29, 0.717) is 12.5 Å². The Labute approximate surface area is 111 Å². The topological polar surface area (TPSA) is 43.1 Å². The first kappa shape index (κ1) is 14.9. The van der Waals surface area contributed by atoms with Gasteiger partial charge in [-0.2, -0.15) is 0 Å². The molecule has 0 unspecified atom stereocenters. The molecule has 0 aliphatic rings. The molecule has 0 aliphatic heterocycles. The predicted molar refractivity (Wildman–Crippen MR) is 76.8 cm³/mol. The summed E-state index contributed by atoms with van der Waals surface area (Å²) in [6.45, 7) is 8.87. The number of carbonyl (C=O) groups is 1. The van der Waals surface area contributed by atoms with Crippen LogP contribution in [-0.2, 0) is 6.42 Å². The van der Waals surface area contributed by atoms with Crippen molar-refractivity contribution in [3.05, 3.63) is 35.4 Å². The number of ketones is 1. The SMILES string of the molecule is CC(C)Cc1ccc(C(=O)C(C)(C)CCN)cc1. The average Bonchev–Trinajstić information content (AvgIpc) is 2.28. The summed E-state index contributed by atoms with van der Waals surface area (Å²) < 4.78 is 0. The van der Waals surface area contributed by atoms with E-state index in [1.807, 2.05) is 26.0 Å². The quantitative estimate of drug-likeness (QED) is 0.782. The second-order valence-corrected chi connectivity index (χ2v) is 6.05. The summed E-state index contributed by atoms with van der Waals surface area (Å²) in [4.78, 5) is 12.3. The third-order valence-electron chi connectivity index (χ3n) is 3.24. The number of carbonyl (C=O) groups excluding carboxylic acids is 1. The number of rotatable bonds is 6.